The van der Waals surface area contributed by atoms with E-state index in [0.29, 0.717) is 22.3 Å². The van der Waals surface area contributed by atoms with E-state index in [0.717, 1.165) is 23.8 Å². The molecular weight excluding hydrogens is 572 g/mol. The zero-order valence-corrected chi connectivity index (χ0v) is 23.9. The number of aromatic hydroxyl groups is 1. The highest BCUT2D eigenvalue weighted by Gasteiger charge is 2.44. The molecule has 0 bridgehead atoms. The summed E-state index contributed by atoms with van der Waals surface area (Å²) < 4.78 is 61.2. The van der Waals surface area contributed by atoms with Crippen molar-refractivity contribution < 1.29 is 22.7 Å². The normalized spacial score (nSPS) is 17.0. The smallest absolute Gasteiger partial charge is 0.280 e. The predicted octanol–water partition coefficient (Wildman–Crippen LogP) is 6.71. The van der Waals surface area contributed by atoms with Crippen LogP contribution in [0.1, 0.15) is 36.2 Å². The Balaban J connectivity index is 1.72. The number of para-hydroxylation sites is 1. The minimum absolute atomic E-state index is 0.0185. The van der Waals surface area contributed by atoms with Gasteiger partial charge in [-0.05, 0) is 55.7 Å². The fourth-order valence-corrected chi connectivity index (χ4v) is 5.82. The van der Waals surface area contributed by atoms with Crippen molar-refractivity contribution in [2.75, 3.05) is 18.0 Å². The third kappa shape index (κ3) is 5.01. The van der Waals surface area contributed by atoms with Crippen LogP contribution in [0.4, 0.5) is 23.2 Å². The van der Waals surface area contributed by atoms with E-state index in [9.17, 15) is 19.1 Å². The van der Waals surface area contributed by atoms with Gasteiger partial charge in [0.25, 0.3) is 5.92 Å². The number of nitrogens with zero attached hydrogens (tertiary/aromatic N) is 5. The number of fused-ring (bicyclic) bond motifs is 1. The minimum atomic E-state index is -3.26. The maximum absolute atomic E-state index is 15.2. The molecule has 0 aliphatic carbocycles. The number of aromatic nitrogens is 3. The van der Waals surface area contributed by atoms with E-state index in [4.69, 9.17) is 10.7 Å². The van der Waals surface area contributed by atoms with Gasteiger partial charge in [-0.25, -0.2) is 22.5 Å². The van der Waals surface area contributed by atoms with Gasteiger partial charge in [0.1, 0.15) is 29.1 Å². The van der Waals surface area contributed by atoms with Crippen LogP contribution in [-0.2, 0) is 0 Å². The van der Waals surface area contributed by atoms with Crippen LogP contribution in [0.15, 0.2) is 67.1 Å². The lowest BCUT2D eigenvalue weighted by Gasteiger charge is -2.39. The molecule has 0 radical (unpaired) electrons. The molecule has 11 heteroatoms. The molecule has 2 atom stereocenters. The van der Waals surface area contributed by atoms with Crippen molar-refractivity contribution >= 4 is 16.7 Å². The molecule has 1 aliphatic heterocycles. The molecule has 3 aromatic heterocycles. The Labute approximate surface area is 250 Å². The lowest BCUT2D eigenvalue weighted by Crippen LogP contribution is -2.55. The van der Waals surface area contributed by atoms with Gasteiger partial charge >= 0.3 is 0 Å². The van der Waals surface area contributed by atoms with Crippen LogP contribution < -0.4 is 10.6 Å². The minimum Gasteiger partial charge on any atom is -0.506 e. The summed E-state index contributed by atoms with van der Waals surface area (Å²) in [6, 6.07) is 11.6. The summed E-state index contributed by atoms with van der Waals surface area (Å²) >= 11 is 0. The fraction of sp³-hybridized carbons (Fsp3) is 0.242. The van der Waals surface area contributed by atoms with Gasteiger partial charge in [-0.3, -0.25) is 4.98 Å². The molecule has 44 heavy (non-hydrogen) atoms. The average molecular weight is 601 g/mol. The number of piperidine rings is 1. The van der Waals surface area contributed by atoms with Gasteiger partial charge in [-0.15, -0.1) is 0 Å². The van der Waals surface area contributed by atoms with Gasteiger partial charge in [0, 0.05) is 47.9 Å². The van der Waals surface area contributed by atoms with Crippen LogP contribution in [0.25, 0.3) is 33.3 Å². The third-order valence-corrected chi connectivity index (χ3v) is 8.18. The van der Waals surface area contributed by atoms with Crippen molar-refractivity contribution in [2.45, 2.75) is 38.3 Å². The van der Waals surface area contributed by atoms with E-state index in [2.05, 4.69) is 4.98 Å². The Hall–Kier alpha value is -4.95. The summed E-state index contributed by atoms with van der Waals surface area (Å²) in [4.78, 5) is 10.7. The number of halogens is 4. The SMILES string of the molecule is Cc1ccc(C(C)n2cc(-c3cccc(C#N)c3O)c3c(N4CCC(N)C(F)(F)C4)c(-c4cc(F)cc(F)c4)cnc32)nc1. The molecule has 224 valence electrons. The lowest BCUT2D eigenvalue weighted by molar-refractivity contribution is -0.0299. The number of rotatable bonds is 5. The number of aryl methyl sites for hydroxylation is 1. The fourth-order valence-electron chi connectivity index (χ4n) is 5.82. The van der Waals surface area contributed by atoms with Gasteiger partial charge < -0.3 is 20.3 Å². The van der Waals surface area contributed by atoms with Crippen molar-refractivity contribution in [1.29, 1.82) is 5.26 Å². The molecule has 3 N–H and O–H groups in total. The van der Waals surface area contributed by atoms with Crippen LogP contribution in [0, 0.1) is 29.9 Å². The van der Waals surface area contributed by atoms with Crippen molar-refractivity contribution in [3.8, 4) is 34.1 Å². The van der Waals surface area contributed by atoms with Crippen LogP contribution in [0.3, 0.4) is 0 Å². The molecule has 5 aromatic rings. The highest BCUT2D eigenvalue weighted by Crippen LogP contribution is 2.47. The molecule has 4 heterocycles. The summed E-state index contributed by atoms with van der Waals surface area (Å²) in [6.07, 6.45) is 4.84. The summed E-state index contributed by atoms with van der Waals surface area (Å²) in [5, 5.41) is 21.2. The number of alkyl halides is 2. The Morgan fingerprint density at radius 3 is 2.45 bits per heavy atom. The molecule has 7 nitrogen and oxygen atoms in total. The Morgan fingerprint density at radius 2 is 1.80 bits per heavy atom. The molecule has 0 spiro atoms. The van der Waals surface area contributed by atoms with Crippen LogP contribution in [0.5, 0.6) is 5.75 Å². The summed E-state index contributed by atoms with van der Waals surface area (Å²) in [5.41, 5.74) is 9.08. The first kappa shape index (κ1) is 29.1. The molecule has 1 fully saturated rings. The van der Waals surface area contributed by atoms with Gasteiger partial charge in [-0.1, -0.05) is 18.2 Å². The van der Waals surface area contributed by atoms with Crippen LogP contribution in [0.2, 0.25) is 0 Å². The average Bonchev–Trinajstić information content (AvgIpc) is 3.37. The zero-order chi connectivity index (χ0) is 31.3. The maximum Gasteiger partial charge on any atom is 0.280 e. The number of hydrogen-bond donors (Lipinski definition) is 2. The third-order valence-electron chi connectivity index (χ3n) is 8.18. The number of phenolic OH excluding ortho intramolecular Hbond substituents is 1. The summed E-state index contributed by atoms with van der Waals surface area (Å²) in [5.74, 6) is -5.24. The quantitative estimate of drug-likeness (QED) is 0.217. The number of nitrogens with two attached hydrogens (primary N) is 1. The number of pyridine rings is 2. The van der Waals surface area contributed by atoms with Crippen LogP contribution in [-0.4, -0.2) is 44.7 Å². The van der Waals surface area contributed by atoms with E-state index < -0.39 is 36.2 Å². The number of hydrogen-bond acceptors (Lipinski definition) is 6. The van der Waals surface area contributed by atoms with Crippen molar-refractivity contribution in [2.24, 2.45) is 5.73 Å². The molecule has 2 aromatic carbocycles. The first-order valence-corrected chi connectivity index (χ1v) is 14.0. The lowest BCUT2D eigenvalue weighted by atomic mass is 9.94. The van der Waals surface area contributed by atoms with E-state index in [1.807, 2.05) is 36.6 Å². The standard InChI is InChI=1S/C33H28F4N6O/c1-18-6-7-27(40-14-18)19(2)43-16-26(24-5-3-4-20(13-38)31(24)44)29-30(42-9-8-28(39)33(36,37)17-42)25(15-41-32(29)43)21-10-22(34)12-23(35)11-21/h3-7,10-12,14-16,19,28,44H,8-9,17,39H2,1-2H3. The summed E-state index contributed by atoms with van der Waals surface area (Å²) in [6.45, 7) is 3.20. The first-order chi connectivity index (χ1) is 21.0. The zero-order valence-electron chi connectivity index (χ0n) is 23.9. The van der Waals surface area contributed by atoms with Gasteiger partial charge in [0.2, 0.25) is 0 Å². The highest BCUT2D eigenvalue weighted by molar-refractivity contribution is 6.09. The predicted molar refractivity (Wildman–Crippen MR) is 159 cm³/mol. The van der Waals surface area contributed by atoms with E-state index in [-0.39, 0.29) is 46.7 Å². The number of anilines is 1. The molecule has 6 rings (SSSR count). The van der Waals surface area contributed by atoms with Gasteiger partial charge in [-0.2, -0.15) is 5.26 Å². The second kappa shape index (κ2) is 11.0. The van der Waals surface area contributed by atoms with Crippen molar-refractivity contribution in [1.82, 2.24) is 14.5 Å². The van der Waals surface area contributed by atoms with Crippen LogP contribution >= 0.6 is 0 Å². The number of phenols is 1. The molecule has 2 unspecified atom stereocenters. The van der Waals surface area contributed by atoms with E-state index in [1.165, 1.54) is 17.2 Å². The second-order valence-electron chi connectivity index (χ2n) is 11.2. The molecule has 0 saturated carbocycles. The van der Waals surface area contributed by atoms with Gasteiger partial charge in [0.15, 0.2) is 0 Å². The van der Waals surface area contributed by atoms with Crippen molar-refractivity contribution in [3.63, 3.8) is 0 Å². The Kier molecular flexibility index (Phi) is 7.25. The molecule has 0 amide bonds. The Bertz CT molecular complexity index is 1910. The molecule has 1 aliphatic rings. The van der Waals surface area contributed by atoms with E-state index >= 15 is 8.78 Å². The maximum atomic E-state index is 15.2. The van der Waals surface area contributed by atoms with E-state index in [1.54, 1.807) is 24.5 Å². The monoisotopic (exact) mass is 600 g/mol. The second-order valence-corrected chi connectivity index (χ2v) is 11.2. The number of benzene rings is 2. The topological polar surface area (TPSA) is 104 Å². The highest BCUT2D eigenvalue weighted by atomic mass is 19.3. The van der Waals surface area contributed by atoms with Gasteiger partial charge in [0.05, 0.1) is 41.0 Å². The molecule has 1 saturated heterocycles. The largest absolute Gasteiger partial charge is 0.506 e. The Morgan fingerprint density at radius 1 is 1.05 bits per heavy atom. The first-order valence-electron chi connectivity index (χ1n) is 14.0. The summed E-state index contributed by atoms with van der Waals surface area (Å²) in [7, 11) is 0. The van der Waals surface area contributed by atoms with Crippen molar-refractivity contribution in [3.05, 3.63) is 95.6 Å². The number of nitriles is 1. The molecular formula is C33H28F4N6O.